The number of hydrogen-bond acceptors (Lipinski definition) is 6. The molecule has 9 heteroatoms. The van der Waals surface area contributed by atoms with Gasteiger partial charge in [-0.3, -0.25) is 9.36 Å². The quantitative estimate of drug-likeness (QED) is 0.0272. The Kier molecular flexibility index (Phi) is 52.4. The van der Waals surface area contributed by atoms with E-state index in [1.54, 1.807) is 6.08 Å². The maximum absolute atomic E-state index is 12.9. The Morgan fingerprint density at radius 2 is 0.838 bits per heavy atom. The number of aliphatic hydroxyl groups is 1. The van der Waals surface area contributed by atoms with Crippen molar-refractivity contribution in [3.8, 4) is 0 Å². The van der Waals surface area contributed by atoms with Crippen LogP contribution in [0, 0.1) is 0 Å². The Hall–Kier alpha value is -3.10. The third kappa shape index (κ3) is 56.6. The molecular weight excluding hydrogens is 936 g/mol. The lowest BCUT2D eigenvalue weighted by Crippen LogP contribution is -2.45. The number of phosphoric acid groups is 1. The predicted molar refractivity (Wildman–Crippen MR) is 320 cm³/mol. The summed E-state index contributed by atoms with van der Waals surface area (Å²) in [6.07, 6.45) is 81.6. The van der Waals surface area contributed by atoms with Crippen molar-refractivity contribution in [1.29, 1.82) is 0 Å². The van der Waals surface area contributed by atoms with Crippen molar-refractivity contribution in [1.82, 2.24) is 5.32 Å². The lowest BCUT2D eigenvalue weighted by Gasteiger charge is -2.29. The van der Waals surface area contributed by atoms with Gasteiger partial charge >= 0.3 is 0 Å². The molecule has 3 unspecified atom stereocenters. The van der Waals surface area contributed by atoms with Gasteiger partial charge in [0.25, 0.3) is 7.82 Å². The fraction of sp³-hybridized carbons (Fsp3) is 0.677. The Morgan fingerprint density at radius 1 is 0.486 bits per heavy atom. The molecule has 0 heterocycles. The predicted octanol–water partition coefficient (Wildman–Crippen LogP) is 17.9. The number of carbonyl (C=O) groups is 1. The zero-order chi connectivity index (χ0) is 54.2. The van der Waals surface area contributed by atoms with Gasteiger partial charge in [-0.15, -0.1) is 0 Å². The van der Waals surface area contributed by atoms with Gasteiger partial charge < -0.3 is 28.8 Å². The molecule has 2 N–H and O–H groups in total. The molecule has 3 atom stereocenters. The molecule has 0 rings (SSSR count). The van der Waals surface area contributed by atoms with Crippen LogP contribution < -0.4 is 10.2 Å². The zero-order valence-corrected chi connectivity index (χ0v) is 49.1. The number of nitrogens with zero attached hydrogens (tertiary/aromatic N) is 1. The summed E-state index contributed by atoms with van der Waals surface area (Å²) in [6, 6.07) is -0.951. The number of hydrogen-bond donors (Lipinski definition) is 2. The van der Waals surface area contributed by atoms with E-state index in [-0.39, 0.29) is 18.9 Å². The first kappa shape index (κ1) is 70.9. The van der Waals surface area contributed by atoms with E-state index in [9.17, 15) is 19.4 Å². The highest BCUT2D eigenvalue weighted by Crippen LogP contribution is 2.38. The van der Waals surface area contributed by atoms with Crippen molar-refractivity contribution in [2.75, 3.05) is 40.9 Å². The number of aliphatic hydroxyl groups excluding tert-OH is 1. The lowest BCUT2D eigenvalue weighted by atomic mass is 10.0. The highest BCUT2D eigenvalue weighted by Gasteiger charge is 2.23. The number of likely N-dealkylation sites (N-methyl/N-ethyl adjacent to an activating group) is 1. The number of nitrogens with one attached hydrogen (secondary N) is 1. The maximum atomic E-state index is 12.9. The van der Waals surface area contributed by atoms with E-state index in [0.29, 0.717) is 23.9 Å². The number of rotatable bonds is 53. The van der Waals surface area contributed by atoms with E-state index < -0.39 is 26.6 Å². The maximum Gasteiger partial charge on any atom is 0.268 e. The topological polar surface area (TPSA) is 108 Å². The van der Waals surface area contributed by atoms with Crippen LogP contribution in [0.5, 0.6) is 0 Å². The van der Waals surface area contributed by atoms with E-state index in [1.807, 2.05) is 27.2 Å². The summed E-state index contributed by atoms with van der Waals surface area (Å²) in [6.45, 7) is 4.46. The first-order valence-corrected chi connectivity index (χ1v) is 31.4. The highest BCUT2D eigenvalue weighted by atomic mass is 31.2. The summed E-state index contributed by atoms with van der Waals surface area (Å²) >= 11 is 0. The molecule has 0 aromatic heterocycles. The molecule has 8 nitrogen and oxygen atoms in total. The number of quaternary nitrogens is 1. The van der Waals surface area contributed by atoms with E-state index in [2.05, 4.69) is 129 Å². The second kappa shape index (κ2) is 54.7. The minimum Gasteiger partial charge on any atom is -0.756 e. The minimum absolute atomic E-state index is 0.0270. The molecule has 74 heavy (non-hydrogen) atoms. The standard InChI is InChI=1S/C65H113N2O6P/c1-6-8-10-12-14-16-18-20-22-24-26-28-30-31-32-33-34-35-37-38-40-42-44-46-48-50-52-54-56-58-64(68)63(62-73-74(70,71)72-61-60-67(3,4)5)66-65(69)59-57-55-53-51-49-47-45-43-41-39-36-29-27-25-23-21-19-17-15-13-11-9-7-2/h9,11,15,17,21,23,27,29,39-42,45,47-48,50-51,53,56,58,63-64,68H,6-8,10,12-14,16,18-20,22,24-26,28,30-38,43-44,46,49,52,54-55,57,59-62H2,1-5H3,(H-,66,69,70,71)/b11-9-,17-15-,23-21-,29-27-,41-39-,42-40+,47-45-,50-48+,53-51-,58-56+. The van der Waals surface area contributed by atoms with E-state index in [0.717, 1.165) is 70.6 Å². The van der Waals surface area contributed by atoms with Crippen molar-refractivity contribution in [2.45, 2.75) is 244 Å². The number of carbonyl (C=O) groups excluding carboxylic acids is 1. The van der Waals surface area contributed by atoms with E-state index in [1.165, 1.54) is 128 Å². The Bertz CT molecular complexity index is 1620. The monoisotopic (exact) mass is 1050 g/mol. The first-order chi connectivity index (χ1) is 36.0. The van der Waals surface area contributed by atoms with Crippen molar-refractivity contribution in [3.05, 3.63) is 122 Å². The van der Waals surface area contributed by atoms with Crippen LogP contribution >= 0.6 is 7.82 Å². The van der Waals surface area contributed by atoms with Crippen LogP contribution in [-0.4, -0.2) is 68.5 Å². The summed E-state index contributed by atoms with van der Waals surface area (Å²) in [4.78, 5) is 25.5. The number of amides is 1. The van der Waals surface area contributed by atoms with Gasteiger partial charge in [-0.25, -0.2) is 0 Å². The van der Waals surface area contributed by atoms with Gasteiger partial charge in [0.1, 0.15) is 13.2 Å². The van der Waals surface area contributed by atoms with Gasteiger partial charge in [0.05, 0.1) is 39.9 Å². The smallest absolute Gasteiger partial charge is 0.268 e. The summed E-state index contributed by atoms with van der Waals surface area (Å²) in [7, 11) is 1.18. The highest BCUT2D eigenvalue weighted by molar-refractivity contribution is 7.45. The molecule has 0 aliphatic rings. The van der Waals surface area contributed by atoms with Crippen LogP contribution in [-0.2, 0) is 18.4 Å². The number of phosphoric ester groups is 1. The molecule has 0 aliphatic heterocycles. The molecule has 0 fully saturated rings. The molecule has 0 saturated carbocycles. The van der Waals surface area contributed by atoms with Crippen LogP contribution in [0.1, 0.15) is 232 Å². The average Bonchev–Trinajstić information content (AvgIpc) is 3.36. The Balaban J connectivity index is 4.38. The second-order valence-electron chi connectivity index (χ2n) is 20.9. The molecule has 424 valence electrons. The van der Waals surface area contributed by atoms with Crippen LogP contribution in [0.2, 0.25) is 0 Å². The minimum atomic E-state index is -4.64. The van der Waals surface area contributed by atoms with Gasteiger partial charge in [-0.1, -0.05) is 251 Å². The number of unbranched alkanes of at least 4 members (excludes halogenated alkanes) is 22. The van der Waals surface area contributed by atoms with Crippen molar-refractivity contribution in [2.24, 2.45) is 0 Å². The van der Waals surface area contributed by atoms with Gasteiger partial charge in [-0.2, -0.15) is 0 Å². The fourth-order valence-corrected chi connectivity index (χ4v) is 8.72. The molecule has 0 bridgehead atoms. The SMILES string of the molecule is CC/C=C\C/C=C\C/C=C\C/C=C\C/C=C\C/C=C\C/C=C\CCCC(=O)NC(COP(=O)([O-])OCC[N+](C)(C)C)C(O)/C=C/CC/C=C/CC/C=C/CCCCCCCCCCCCCCCCCCCCC. The lowest BCUT2D eigenvalue weighted by molar-refractivity contribution is -0.870. The summed E-state index contributed by atoms with van der Waals surface area (Å²) in [5.41, 5.74) is 0. The molecule has 0 saturated heterocycles. The van der Waals surface area contributed by atoms with Gasteiger partial charge in [0.15, 0.2) is 0 Å². The van der Waals surface area contributed by atoms with Crippen LogP contribution in [0.4, 0.5) is 0 Å². The van der Waals surface area contributed by atoms with Crippen LogP contribution in [0.3, 0.4) is 0 Å². The van der Waals surface area contributed by atoms with Crippen LogP contribution in [0.15, 0.2) is 122 Å². The molecular formula is C65H113N2O6P. The number of allylic oxidation sites excluding steroid dienone is 19. The van der Waals surface area contributed by atoms with E-state index >= 15 is 0 Å². The second-order valence-corrected chi connectivity index (χ2v) is 22.4. The average molecular weight is 1050 g/mol. The summed E-state index contributed by atoms with van der Waals surface area (Å²) < 4.78 is 23.3. The zero-order valence-electron chi connectivity index (χ0n) is 48.2. The molecule has 0 spiro atoms. The third-order valence-electron chi connectivity index (χ3n) is 12.6. The Labute approximate surface area is 456 Å². The van der Waals surface area contributed by atoms with Crippen LogP contribution in [0.25, 0.3) is 0 Å². The van der Waals surface area contributed by atoms with Gasteiger partial charge in [-0.05, 0) is 96.3 Å². The Morgan fingerprint density at radius 3 is 1.26 bits per heavy atom. The first-order valence-electron chi connectivity index (χ1n) is 29.9. The normalized spacial score (nSPS) is 14.7. The molecule has 0 aliphatic carbocycles. The molecule has 1 amide bonds. The van der Waals surface area contributed by atoms with Gasteiger partial charge in [0, 0.05) is 6.42 Å². The van der Waals surface area contributed by atoms with Gasteiger partial charge in [0.2, 0.25) is 5.91 Å². The van der Waals surface area contributed by atoms with Crippen molar-refractivity contribution >= 4 is 13.7 Å². The largest absolute Gasteiger partial charge is 0.756 e. The molecule has 0 radical (unpaired) electrons. The molecule has 0 aromatic rings. The fourth-order valence-electron chi connectivity index (χ4n) is 8.00. The third-order valence-corrected chi connectivity index (χ3v) is 13.6. The molecule has 0 aromatic carbocycles. The van der Waals surface area contributed by atoms with Crippen molar-refractivity contribution < 1.29 is 32.9 Å². The van der Waals surface area contributed by atoms with E-state index in [4.69, 9.17) is 9.05 Å². The van der Waals surface area contributed by atoms with Crippen molar-refractivity contribution in [3.63, 3.8) is 0 Å². The summed E-state index contributed by atoms with van der Waals surface area (Å²) in [5.74, 6) is -0.273. The summed E-state index contributed by atoms with van der Waals surface area (Å²) in [5, 5.41) is 13.8.